The first kappa shape index (κ1) is 17.1. The van der Waals surface area contributed by atoms with Crippen LogP contribution in [0.3, 0.4) is 0 Å². The summed E-state index contributed by atoms with van der Waals surface area (Å²) in [6, 6.07) is 13.5. The van der Waals surface area contributed by atoms with Gasteiger partial charge in [0.1, 0.15) is 17.3 Å². The van der Waals surface area contributed by atoms with Crippen molar-refractivity contribution < 1.29 is 18.7 Å². The molecule has 2 aromatic carbocycles. The Labute approximate surface area is 146 Å². The molecule has 25 heavy (non-hydrogen) atoms. The number of anilines is 1. The zero-order valence-corrected chi connectivity index (χ0v) is 14.2. The summed E-state index contributed by atoms with van der Waals surface area (Å²) in [6.45, 7) is 2.69. The molecule has 3 rings (SSSR count). The Hall–Kier alpha value is -2.76. The maximum absolute atomic E-state index is 12.9. The Morgan fingerprint density at radius 1 is 1.04 bits per heavy atom. The molecule has 0 aromatic heterocycles. The van der Waals surface area contributed by atoms with Crippen LogP contribution in [0.4, 0.5) is 10.1 Å². The smallest absolute Gasteiger partial charge is 0.260 e. The van der Waals surface area contributed by atoms with Crippen LogP contribution in [-0.4, -0.2) is 50.7 Å². The van der Waals surface area contributed by atoms with Crippen LogP contribution >= 0.6 is 0 Å². The second kappa shape index (κ2) is 7.88. The lowest BCUT2D eigenvalue weighted by molar-refractivity contribution is -0.133. The molecule has 1 aliphatic rings. The van der Waals surface area contributed by atoms with Crippen molar-refractivity contribution in [3.63, 3.8) is 0 Å². The van der Waals surface area contributed by atoms with Gasteiger partial charge in [0.05, 0.1) is 12.8 Å². The average molecular weight is 344 g/mol. The van der Waals surface area contributed by atoms with E-state index in [1.165, 1.54) is 24.3 Å². The zero-order valence-electron chi connectivity index (χ0n) is 14.2. The van der Waals surface area contributed by atoms with Gasteiger partial charge in [-0.2, -0.15) is 0 Å². The fourth-order valence-electron chi connectivity index (χ4n) is 2.85. The van der Waals surface area contributed by atoms with Gasteiger partial charge in [-0.1, -0.05) is 12.1 Å². The van der Waals surface area contributed by atoms with E-state index in [9.17, 15) is 9.18 Å². The summed E-state index contributed by atoms with van der Waals surface area (Å²) in [4.78, 5) is 16.3. The average Bonchev–Trinajstić information content (AvgIpc) is 2.67. The number of nitrogens with zero attached hydrogens (tertiary/aromatic N) is 2. The highest BCUT2D eigenvalue weighted by Gasteiger charge is 2.23. The molecule has 1 amide bonds. The first-order valence-electron chi connectivity index (χ1n) is 8.21. The van der Waals surface area contributed by atoms with Crippen molar-refractivity contribution in [2.75, 3.05) is 44.8 Å². The van der Waals surface area contributed by atoms with Crippen LogP contribution in [0, 0.1) is 5.82 Å². The van der Waals surface area contributed by atoms with Crippen molar-refractivity contribution in [1.82, 2.24) is 4.90 Å². The lowest BCUT2D eigenvalue weighted by Crippen LogP contribution is -2.50. The monoisotopic (exact) mass is 344 g/mol. The molecule has 1 saturated heterocycles. The maximum Gasteiger partial charge on any atom is 0.260 e. The molecular weight excluding hydrogens is 323 g/mol. The van der Waals surface area contributed by atoms with Crippen molar-refractivity contribution in [3.05, 3.63) is 54.3 Å². The second-order valence-electron chi connectivity index (χ2n) is 5.78. The topological polar surface area (TPSA) is 42.0 Å². The number of carbonyl (C=O) groups excluding carboxylic acids is 1. The Balaban J connectivity index is 1.51. The minimum absolute atomic E-state index is 0.0414. The number of hydrogen-bond donors (Lipinski definition) is 0. The Morgan fingerprint density at radius 3 is 2.40 bits per heavy atom. The number of amides is 1. The molecule has 0 saturated carbocycles. The van der Waals surface area contributed by atoms with E-state index in [4.69, 9.17) is 9.47 Å². The normalized spacial score (nSPS) is 14.3. The van der Waals surface area contributed by atoms with Gasteiger partial charge in [-0.15, -0.1) is 0 Å². The van der Waals surface area contributed by atoms with E-state index >= 15 is 0 Å². The van der Waals surface area contributed by atoms with E-state index in [1.54, 1.807) is 12.0 Å². The molecule has 0 atom stereocenters. The molecular formula is C19H21FN2O3. The predicted octanol–water partition coefficient (Wildman–Crippen LogP) is 2.56. The van der Waals surface area contributed by atoms with Gasteiger partial charge < -0.3 is 19.3 Å². The third kappa shape index (κ3) is 4.21. The molecule has 0 aliphatic carbocycles. The zero-order chi connectivity index (χ0) is 17.6. The van der Waals surface area contributed by atoms with E-state index in [0.717, 1.165) is 24.5 Å². The summed E-state index contributed by atoms with van der Waals surface area (Å²) < 4.78 is 23.7. The lowest BCUT2D eigenvalue weighted by Gasteiger charge is -2.36. The van der Waals surface area contributed by atoms with Crippen LogP contribution in [0.5, 0.6) is 11.5 Å². The van der Waals surface area contributed by atoms with E-state index < -0.39 is 0 Å². The Bertz CT molecular complexity index is 713. The lowest BCUT2D eigenvalue weighted by atomic mass is 10.2. The number of benzene rings is 2. The van der Waals surface area contributed by atoms with Crippen LogP contribution in [-0.2, 0) is 4.79 Å². The highest BCUT2D eigenvalue weighted by Crippen LogP contribution is 2.28. The van der Waals surface area contributed by atoms with Crippen molar-refractivity contribution in [2.45, 2.75) is 0 Å². The van der Waals surface area contributed by atoms with E-state index in [2.05, 4.69) is 4.90 Å². The number of piperazine rings is 1. The molecule has 5 nitrogen and oxygen atoms in total. The molecule has 2 aromatic rings. The fourth-order valence-corrected chi connectivity index (χ4v) is 2.85. The van der Waals surface area contributed by atoms with E-state index in [-0.39, 0.29) is 18.3 Å². The summed E-state index contributed by atoms with van der Waals surface area (Å²) >= 11 is 0. The molecule has 1 aliphatic heterocycles. The number of rotatable bonds is 5. The van der Waals surface area contributed by atoms with Gasteiger partial charge in [-0.05, 0) is 36.4 Å². The number of carbonyl (C=O) groups is 1. The van der Waals surface area contributed by atoms with Crippen LogP contribution in [0.2, 0.25) is 0 Å². The van der Waals surface area contributed by atoms with Gasteiger partial charge >= 0.3 is 0 Å². The molecule has 6 heteroatoms. The summed E-state index contributed by atoms with van der Waals surface area (Å²) in [5, 5.41) is 0. The molecule has 0 spiro atoms. The van der Waals surface area contributed by atoms with Crippen LogP contribution in [0.25, 0.3) is 0 Å². The van der Waals surface area contributed by atoms with Gasteiger partial charge in [0.15, 0.2) is 6.61 Å². The minimum Gasteiger partial charge on any atom is -0.495 e. The standard InChI is InChI=1S/C19H21FN2O3/c1-24-18-5-3-2-4-17(18)21-10-12-22(13-11-21)19(23)14-25-16-8-6-15(20)7-9-16/h2-9H,10-14H2,1H3. The van der Waals surface area contributed by atoms with E-state index in [0.29, 0.717) is 18.8 Å². The minimum atomic E-state index is -0.328. The van der Waals surface area contributed by atoms with E-state index in [1.807, 2.05) is 24.3 Å². The van der Waals surface area contributed by atoms with Crippen molar-refractivity contribution in [1.29, 1.82) is 0 Å². The number of para-hydroxylation sites is 2. The number of hydrogen-bond acceptors (Lipinski definition) is 4. The van der Waals surface area contributed by atoms with Crippen LogP contribution in [0.1, 0.15) is 0 Å². The number of ether oxygens (including phenoxy) is 2. The summed E-state index contributed by atoms with van der Waals surface area (Å²) in [5.74, 6) is 0.930. The summed E-state index contributed by atoms with van der Waals surface area (Å²) in [5.41, 5.74) is 1.04. The van der Waals surface area contributed by atoms with Crippen molar-refractivity contribution in [2.24, 2.45) is 0 Å². The summed E-state index contributed by atoms with van der Waals surface area (Å²) in [7, 11) is 1.66. The number of halogens is 1. The van der Waals surface area contributed by atoms with Crippen LogP contribution < -0.4 is 14.4 Å². The Morgan fingerprint density at radius 2 is 1.72 bits per heavy atom. The largest absolute Gasteiger partial charge is 0.495 e. The van der Waals surface area contributed by atoms with Gasteiger partial charge in [-0.25, -0.2) is 4.39 Å². The molecule has 0 bridgehead atoms. The maximum atomic E-state index is 12.9. The third-order valence-electron chi connectivity index (χ3n) is 4.23. The summed E-state index contributed by atoms with van der Waals surface area (Å²) in [6.07, 6.45) is 0. The quantitative estimate of drug-likeness (QED) is 0.836. The van der Waals surface area contributed by atoms with Crippen molar-refractivity contribution >= 4 is 11.6 Å². The molecule has 1 fully saturated rings. The Kier molecular flexibility index (Phi) is 5.38. The highest BCUT2D eigenvalue weighted by molar-refractivity contribution is 5.78. The third-order valence-corrected chi connectivity index (χ3v) is 4.23. The predicted molar refractivity (Wildman–Crippen MR) is 93.7 cm³/mol. The fraction of sp³-hybridized carbons (Fsp3) is 0.316. The SMILES string of the molecule is COc1ccccc1N1CCN(C(=O)COc2ccc(F)cc2)CC1. The first-order valence-corrected chi connectivity index (χ1v) is 8.21. The van der Waals surface area contributed by atoms with Gasteiger partial charge in [0, 0.05) is 26.2 Å². The van der Waals surface area contributed by atoms with Crippen molar-refractivity contribution in [3.8, 4) is 11.5 Å². The van der Waals surface area contributed by atoms with Gasteiger partial charge in [-0.3, -0.25) is 4.79 Å². The molecule has 0 radical (unpaired) electrons. The van der Waals surface area contributed by atoms with Gasteiger partial charge in [0.2, 0.25) is 0 Å². The van der Waals surface area contributed by atoms with Crippen LogP contribution in [0.15, 0.2) is 48.5 Å². The van der Waals surface area contributed by atoms with Gasteiger partial charge in [0.25, 0.3) is 5.91 Å². The number of methoxy groups -OCH3 is 1. The first-order chi connectivity index (χ1) is 12.2. The molecule has 0 N–H and O–H groups in total. The molecule has 132 valence electrons. The molecule has 0 unspecified atom stereocenters. The highest BCUT2D eigenvalue weighted by atomic mass is 19.1. The molecule has 1 heterocycles. The second-order valence-corrected chi connectivity index (χ2v) is 5.78.